The quantitative estimate of drug-likeness (QED) is 0.911. The molecule has 0 radical (unpaired) electrons. The maximum absolute atomic E-state index is 12.2. The molecule has 2 N–H and O–H groups in total. The van der Waals surface area contributed by atoms with Crippen LogP contribution in [0.3, 0.4) is 0 Å². The number of nitrogens with two attached hydrogens (primary N) is 1. The van der Waals surface area contributed by atoms with Crippen molar-refractivity contribution in [1.29, 1.82) is 0 Å². The summed E-state index contributed by atoms with van der Waals surface area (Å²) in [6.45, 7) is 4.61. The second-order valence-corrected chi connectivity index (χ2v) is 5.45. The Hall–Kier alpha value is -0.870. The summed E-state index contributed by atoms with van der Waals surface area (Å²) in [5.74, 6) is 0.357. The normalized spacial score (nSPS) is 23.6. The third-order valence-electron chi connectivity index (χ3n) is 3.72. The molecule has 1 aliphatic rings. The third kappa shape index (κ3) is 2.59. The van der Waals surface area contributed by atoms with E-state index in [0.717, 1.165) is 37.2 Å². The second-order valence-electron chi connectivity index (χ2n) is 5.07. The Morgan fingerprint density at radius 3 is 2.83 bits per heavy atom. The van der Waals surface area contributed by atoms with Crippen molar-refractivity contribution >= 4 is 17.4 Å². The lowest BCUT2D eigenvalue weighted by Gasteiger charge is -2.10. The van der Waals surface area contributed by atoms with Crippen LogP contribution in [0.25, 0.3) is 0 Å². The zero-order valence-electron chi connectivity index (χ0n) is 10.9. The van der Waals surface area contributed by atoms with Gasteiger partial charge in [0.15, 0.2) is 0 Å². The van der Waals surface area contributed by atoms with Crippen molar-refractivity contribution in [2.45, 2.75) is 52.1 Å². The highest BCUT2D eigenvalue weighted by Crippen LogP contribution is 2.28. The number of ketones is 1. The van der Waals surface area contributed by atoms with E-state index in [9.17, 15) is 4.79 Å². The highest BCUT2D eigenvalue weighted by atomic mass is 35.5. The van der Waals surface area contributed by atoms with Crippen LogP contribution in [0.1, 0.15) is 37.6 Å². The summed E-state index contributed by atoms with van der Waals surface area (Å²) in [6.07, 6.45) is 3.06. The van der Waals surface area contributed by atoms with Crippen LogP contribution in [0, 0.1) is 12.8 Å². The Kier molecular flexibility index (Phi) is 4.07. The van der Waals surface area contributed by atoms with E-state index in [1.54, 1.807) is 0 Å². The third-order valence-corrected chi connectivity index (χ3v) is 4.21. The molecule has 2 unspecified atom stereocenters. The highest BCUT2D eigenvalue weighted by Gasteiger charge is 2.29. The van der Waals surface area contributed by atoms with Crippen molar-refractivity contribution in [3.05, 3.63) is 16.4 Å². The Morgan fingerprint density at radius 1 is 1.56 bits per heavy atom. The van der Waals surface area contributed by atoms with Crippen LogP contribution in [0.2, 0.25) is 5.02 Å². The number of carbonyl (C=O) groups excluding carboxylic acids is 1. The van der Waals surface area contributed by atoms with Crippen LogP contribution in [0.15, 0.2) is 0 Å². The van der Waals surface area contributed by atoms with E-state index < -0.39 is 0 Å². The molecule has 1 saturated carbocycles. The van der Waals surface area contributed by atoms with Gasteiger partial charge in [-0.3, -0.25) is 9.48 Å². The lowest BCUT2D eigenvalue weighted by molar-refractivity contribution is -0.122. The lowest BCUT2D eigenvalue weighted by atomic mass is 9.98. The summed E-state index contributed by atoms with van der Waals surface area (Å²) in [7, 11) is 0. The minimum Gasteiger partial charge on any atom is -0.328 e. The first-order valence-electron chi connectivity index (χ1n) is 6.53. The van der Waals surface area contributed by atoms with Crippen LogP contribution < -0.4 is 5.73 Å². The molecule has 0 aromatic carbocycles. The Balaban J connectivity index is 2.11. The van der Waals surface area contributed by atoms with Gasteiger partial charge >= 0.3 is 0 Å². The summed E-state index contributed by atoms with van der Waals surface area (Å²) in [6, 6.07) is 0.187. The Morgan fingerprint density at radius 2 is 2.28 bits per heavy atom. The first-order valence-corrected chi connectivity index (χ1v) is 6.90. The van der Waals surface area contributed by atoms with Gasteiger partial charge in [-0.1, -0.05) is 11.6 Å². The molecule has 2 atom stereocenters. The van der Waals surface area contributed by atoms with Gasteiger partial charge in [-0.05, 0) is 33.1 Å². The Labute approximate surface area is 112 Å². The van der Waals surface area contributed by atoms with Crippen molar-refractivity contribution in [2.24, 2.45) is 11.7 Å². The van der Waals surface area contributed by atoms with Crippen molar-refractivity contribution in [3.8, 4) is 0 Å². The highest BCUT2D eigenvalue weighted by molar-refractivity contribution is 6.32. The van der Waals surface area contributed by atoms with Gasteiger partial charge in [0.2, 0.25) is 0 Å². The van der Waals surface area contributed by atoms with E-state index in [1.165, 1.54) is 0 Å². The van der Waals surface area contributed by atoms with Crippen molar-refractivity contribution in [1.82, 2.24) is 9.78 Å². The zero-order chi connectivity index (χ0) is 13.3. The van der Waals surface area contributed by atoms with Crippen molar-refractivity contribution in [3.63, 3.8) is 0 Å². The molecule has 1 fully saturated rings. The zero-order valence-corrected chi connectivity index (χ0v) is 11.7. The van der Waals surface area contributed by atoms with Gasteiger partial charge in [0, 0.05) is 18.5 Å². The van der Waals surface area contributed by atoms with Gasteiger partial charge < -0.3 is 5.73 Å². The van der Waals surface area contributed by atoms with Gasteiger partial charge in [0.1, 0.15) is 5.78 Å². The summed E-state index contributed by atoms with van der Waals surface area (Å²) >= 11 is 6.21. The monoisotopic (exact) mass is 269 g/mol. The average molecular weight is 270 g/mol. The van der Waals surface area contributed by atoms with Crippen LogP contribution in [0.5, 0.6) is 0 Å². The van der Waals surface area contributed by atoms with E-state index in [0.29, 0.717) is 11.4 Å². The van der Waals surface area contributed by atoms with Crippen LogP contribution in [0.4, 0.5) is 0 Å². The number of halogens is 1. The summed E-state index contributed by atoms with van der Waals surface area (Å²) in [4.78, 5) is 12.2. The van der Waals surface area contributed by atoms with Gasteiger partial charge in [-0.2, -0.15) is 5.10 Å². The number of carbonyl (C=O) groups is 1. The predicted octanol–water partition coefficient (Wildman–Crippen LogP) is 2.10. The van der Waals surface area contributed by atoms with Crippen molar-refractivity contribution < 1.29 is 4.79 Å². The smallest absolute Gasteiger partial charge is 0.142 e. The number of hydrogen-bond acceptors (Lipinski definition) is 3. The molecule has 4 nitrogen and oxygen atoms in total. The second kappa shape index (κ2) is 5.41. The standard InChI is InChI=1S/C13H20ClN3O/c1-3-17-11(13(14)8(2)16-17)7-12(18)9-4-5-10(15)6-9/h9-10H,3-7,15H2,1-2H3. The molecule has 0 spiro atoms. The molecule has 1 aromatic rings. The maximum atomic E-state index is 12.2. The minimum absolute atomic E-state index is 0.108. The molecule has 100 valence electrons. The number of hydrogen-bond donors (Lipinski definition) is 1. The molecule has 0 aliphatic heterocycles. The molecule has 2 rings (SSSR count). The van der Waals surface area contributed by atoms with Gasteiger partial charge in [0.05, 0.1) is 22.8 Å². The first kappa shape index (κ1) is 13.6. The van der Waals surface area contributed by atoms with Gasteiger partial charge in [0.25, 0.3) is 0 Å². The van der Waals surface area contributed by atoms with Crippen LogP contribution in [-0.4, -0.2) is 21.6 Å². The molecular formula is C13H20ClN3O. The largest absolute Gasteiger partial charge is 0.328 e. The predicted molar refractivity (Wildman–Crippen MR) is 71.7 cm³/mol. The van der Waals surface area contributed by atoms with E-state index in [2.05, 4.69) is 5.10 Å². The fraction of sp³-hybridized carbons (Fsp3) is 0.692. The lowest BCUT2D eigenvalue weighted by Crippen LogP contribution is -2.20. The molecule has 0 saturated heterocycles. The fourth-order valence-corrected chi connectivity index (χ4v) is 2.86. The van der Waals surface area contributed by atoms with Gasteiger partial charge in [-0.15, -0.1) is 0 Å². The average Bonchev–Trinajstić information content (AvgIpc) is 2.88. The number of nitrogens with zero attached hydrogens (tertiary/aromatic N) is 2. The number of rotatable bonds is 4. The molecule has 1 aliphatic carbocycles. The summed E-state index contributed by atoms with van der Waals surface area (Å²) in [5, 5.41) is 4.96. The Bertz CT molecular complexity index is 455. The van der Waals surface area contributed by atoms with Crippen molar-refractivity contribution in [2.75, 3.05) is 0 Å². The number of Topliss-reactive ketones (excluding diaryl/α,β-unsaturated/α-hetero) is 1. The molecule has 5 heteroatoms. The first-order chi connectivity index (χ1) is 8.52. The summed E-state index contributed by atoms with van der Waals surface area (Å²) < 4.78 is 1.82. The number of aryl methyl sites for hydroxylation is 2. The topological polar surface area (TPSA) is 60.9 Å². The molecule has 0 amide bonds. The molecule has 1 heterocycles. The SMILES string of the molecule is CCn1nc(C)c(Cl)c1CC(=O)C1CCC(N)C1. The fourth-order valence-electron chi connectivity index (χ4n) is 2.66. The summed E-state index contributed by atoms with van der Waals surface area (Å²) in [5.41, 5.74) is 7.50. The molecule has 1 aromatic heterocycles. The van der Waals surface area contributed by atoms with Crippen LogP contribution in [-0.2, 0) is 17.8 Å². The van der Waals surface area contributed by atoms with E-state index in [4.69, 9.17) is 17.3 Å². The molecule has 18 heavy (non-hydrogen) atoms. The van der Waals surface area contributed by atoms with Crippen LogP contribution >= 0.6 is 11.6 Å². The number of aromatic nitrogens is 2. The van der Waals surface area contributed by atoms with E-state index >= 15 is 0 Å². The molecule has 0 bridgehead atoms. The van der Waals surface area contributed by atoms with E-state index in [1.807, 2.05) is 18.5 Å². The molecular weight excluding hydrogens is 250 g/mol. The van der Waals surface area contributed by atoms with Gasteiger partial charge in [-0.25, -0.2) is 0 Å². The minimum atomic E-state index is 0.108. The maximum Gasteiger partial charge on any atom is 0.142 e. The van der Waals surface area contributed by atoms with E-state index in [-0.39, 0.29) is 17.7 Å².